The zero-order valence-electron chi connectivity index (χ0n) is 7.17. The third-order valence-corrected chi connectivity index (χ3v) is 1.94. The second kappa shape index (κ2) is 10.1. The lowest BCUT2D eigenvalue weighted by atomic mass is 10.8. The maximum absolute atomic E-state index is 5.16. The van der Waals surface area contributed by atoms with Crippen LogP contribution in [0.1, 0.15) is 0 Å². The predicted molar refractivity (Wildman–Crippen MR) is 44.2 cm³/mol. The minimum absolute atomic E-state index is 0.635. The van der Waals surface area contributed by atoms with Crippen LogP contribution in [0, 0.1) is 0 Å². The summed E-state index contributed by atoms with van der Waals surface area (Å²) >= 11 is 0. The Bertz CT molecular complexity index is 63.6. The van der Waals surface area contributed by atoms with Gasteiger partial charge in [0, 0.05) is 14.2 Å². The van der Waals surface area contributed by atoms with Crippen LogP contribution < -0.4 is 0 Å². The molecule has 0 saturated carbocycles. The average molecular weight is 180 g/mol. The van der Waals surface area contributed by atoms with Crippen molar-refractivity contribution in [1.29, 1.82) is 0 Å². The van der Waals surface area contributed by atoms with Gasteiger partial charge in [0.25, 0.3) is 0 Å². The molecule has 0 N–H and O–H groups in total. The molecule has 0 aromatic heterocycles. The minimum atomic E-state index is -0.789. The summed E-state index contributed by atoms with van der Waals surface area (Å²) in [7, 11) is 2.51. The molecule has 0 bridgehead atoms. The Kier molecular flexibility index (Phi) is 10.1. The largest absolute Gasteiger partial charge is 0.396 e. The van der Waals surface area contributed by atoms with Gasteiger partial charge in [0.15, 0.2) is 0 Å². The van der Waals surface area contributed by atoms with E-state index in [1.54, 1.807) is 14.2 Å². The molecule has 0 heterocycles. The molecule has 0 aromatic carbocycles. The van der Waals surface area contributed by atoms with Crippen molar-refractivity contribution in [2.24, 2.45) is 0 Å². The predicted octanol–water partition coefficient (Wildman–Crippen LogP) is -0.689. The van der Waals surface area contributed by atoms with E-state index in [0.29, 0.717) is 26.4 Å². The van der Waals surface area contributed by atoms with Crippen molar-refractivity contribution in [3.8, 4) is 0 Å². The molecule has 68 valence electrons. The Balaban J connectivity index is 2.69. The van der Waals surface area contributed by atoms with E-state index >= 15 is 0 Å². The van der Waals surface area contributed by atoms with E-state index in [1.165, 1.54) is 0 Å². The molecular formula is C6H16O4Si. The van der Waals surface area contributed by atoms with Gasteiger partial charge in [-0.1, -0.05) is 0 Å². The molecule has 0 fully saturated rings. The third-order valence-electron chi connectivity index (χ3n) is 1.03. The van der Waals surface area contributed by atoms with Crippen LogP contribution in [0.25, 0.3) is 0 Å². The summed E-state index contributed by atoms with van der Waals surface area (Å²) in [6, 6.07) is 0. The first-order valence-electron chi connectivity index (χ1n) is 3.55. The van der Waals surface area contributed by atoms with Gasteiger partial charge in [0.1, 0.15) is 0 Å². The van der Waals surface area contributed by atoms with Crippen molar-refractivity contribution in [2.45, 2.75) is 0 Å². The molecule has 0 radical (unpaired) electrons. The minimum Gasteiger partial charge on any atom is -0.396 e. The Morgan fingerprint density at radius 2 is 1.27 bits per heavy atom. The number of ether oxygens (including phenoxy) is 2. The fourth-order valence-electron chi connectivity index (χ4n) is 0.461. The SMILES string of the molecule is COCCO[SiH2]OCCOC. The van der Waals surface area contributed by atoms with Crippen LogP contribution in [-0.2, 0) is 18.3 Å². The van der Waals surface area contributed by atoms with Gasteiger partial charge in [-0.2, -0.15) is 0 Å². The summed E-state index contributed by atoms with van der Waals surface area (Å²) in [6.45, 7) is 2.55. The van der Waals surface area contributed by atoms with Crippen molar-refractivity contribution in [1.82, 2.24) is 0 Å². The standard InChI is InChI=1S/C6H16O4Si/c1-7-3-5-9-11-10-6-4-8-2/h3-6,11H2,1-2H3. The topological polar surface area (TPSA) is 36.9 Å². The Morgan fingerprint density at radius 1 is 0.818 bits per heavy atom. The summed E-state index contributed by atoms with van der Waals surface area (Å²) in [5.74, 6) is 0. The summed E-state index contributed by atoms with van der Waals surface area (Å²) < 4.78 is 19.9. The van der Waals surface area contributed by atoms with Crippen LogP contribution in [0.15, 0.2) is 0 Å². The fraction of sp³-hybridized carbons (Fsp3) is 1.00. The molecule has 0 aliphatic rings. The molecule has 4 nitrogen and oxygen atoms in total. The van der Waals surface area contributed by atoms with Crippen LogP contribution in [-0.4, -0.2) is 50.7 Å². The van der Waals surface area contributed by atoms with Crippen molar-refractivity contribution in [3.05, 3.63) is 0 Å². The van der Waals surface area contributed by atoms with Crippen molar-refractivity contribution in [2.75, 3.05) is 40.6 Å². The van der Waals surface area contributed by atoms with Crippen LogP contribution in [0.5, 0.6) is 0 Å². The average Bonchev–Trinajstić information content (AvgIpc) is 2.03. The first-order valence-corrected chi connectivity index (χ1v) is 4.70. The quantitative estimate of drug-likeness (QED) is 0.366. The van der Waals surface area contributed by atoms with Gasteiger partial charge in [0.05, 0.1) is 26.4 Å². The van der Waals surface area contributed by atoms with E-state index < -0.39 is 10.0 Å². The van der Waals surface area contributed by atoms with Gasteiger partial charge >= 0.3 is 10.0 Å². The van der Waals surface area contributed by atoms with Gasteiger partial charge in [-0.3, -0.25) is 0 Å². The summed E-state index contributed by atoms with van der Waals surface area (Å²) in [6.07, 6.45) is 0. The van der Waals surface area contributed by atoms with Crippen molar-refractivity contribution >= 4 is 10.0 Å². The highest BCUT2D eigenvalue weighted by molar-refractivity contribution is 6.17. The van der Waals surface area contributed by atoms with Crippen LogP contribution in [0.2, 0.25) is 0 Å². The van der Waals surface area contributed by atoms with Gasteiger partial charge in [0.2, 0.25) is 0 Å². The summed E-state index contributed by atoms with van der Waals surface area (Å²) in [5, 5.41) is 0. The highest BCUT2D eigenvalue weighted by atomic mass is 28.3. The molecule has 0 amide bonds. The molecule has 5 heteroatoms. The van der Waals surface area contributed by atoms with E-state index in [2.05, 4.69) is 0 Å². The Hall–Kier alpha value is 0.0569. The summed E-state index contributed by atoms with van der Waals surface area (Å²) in [5.41, 5.74) is 0. The Labute approximate surface area is 69.8 Å². The molecular weight excluding hydrogens is 164 g/mol. The lowest BCUT2D eigenvalue weighted by Gasteiger charge is -2.03. The van der Waals surface area contributed by atoms with Crippen LogP contribution in [0.4, 0.5) is 0 Å². The molecule has 0 aliphatic carbocycles. The molecule has 0 saturated heterocycles. The third kappa shape index (κ3) is 10.1. The maximum atomic E-state index is 5.16. The van der Waals surface area contributed by atoms with Crippen LogP contribution >= 0.6 is 0 Å². The van der Waals surface area contributed by atoms with E-state index in [-0.39, 0.29) is 0 Å². The van der Waals surface area contributed by atoms with Crippen LogP contribution in [0.3, 0.4) is 0 Å². The number of hydrogen-bond donors (Lipinski definition) is 0. The zero-order chi connectivity index (χ0) is 8.36. The lowest BCUT2D eigenvalue weighted by molar-refractivity contribution is 0.110. The van der Waals surface area contributed by atoms with Crippen molar-refractivity contribution < 1.29 is 18.3 Å². The van der Waals surface area contributed by atoms with Gasteiger partial charge in [-0.25, -0.2) is 0 Å². The van der Waals surface area contributed by atoms with Gasteiger partial charge in [-0.05, 0) is 0 Å². The fourth-order valence-corrected chi connectivity index (χ4v) is 1.05. The van der Waals surface area contributed by atoms with E-state index in [9.17, 15) is 0 Å². The highest BCUT2D eigenvalue weighted by Crippen LogP contribution is 1.76. The van der Waals surface area contributed by atoms with Crippen molar-refractivity contribution in [3.63, 3.8) is 0 Å². The van der Waals surface area contributed by atoms with E-state index in [1.807, 2.05) is 0 Å². The van der Waals surface area contributed by atoms with E-state index in [4.69, 9.17) is 18.3 Å². The number of hydrogen-bond acceptors (Lipinski definition) is 4. The maximum Gasteiger partial charge on any atom is 0.304 e. The molecule has 0 spiro atoms. The van der Waals surface area contributed by atoms with Gasteiger partial charge in [-0.15, -0.1) is 0 Å². The zero-order valence-corrected chi connectivity index (χ0v) is 8.58. The highest BCUT2D eigenvalue weighted by Gasteiger charge is 1.88. The molecule has 0 rings (SSSR count). The van der Waals surface area contributed by atoms with E-state index in [0.717, 1.165) is 0 Å². The molecule has 0 atom stereocenters. The smallest absolute Gasteiger partial charge is 0.304 e. The molecule has 0 aliphatic heterocycles. The second-order valence-corrected chi connectivity index (χ2v) is 2.97. The van der Waals surface area contributed by atoms with Gasteiger partial charge < -0.3 is 18.3 Å². The Morgan fingerprint density at radius 3 is 1.64 bits per heavy atom. The molecule has 0 unspecified atom stereocenters. The first-order chi connectivity index (χ1) is 5.41. The monoisotopic (exact) mass is 180 g/mol. The molecule has 0 aromatic rings. The normalized spacial score (nSPS) is 10.4. The first kappa shape index (κ1) is 11.1. The number of rotatable bonds is 8. The lowest BCUT2D eigenvalue weighted by Crippen LogP contribution is -2.12. The molecule has 11 heavy (non-hydrogen) atoms. The second-order valence-electron chi connectivity index (χ2n) is 1.92. The summed E-state index contributed by atoms with van der Waals surface area (Å²) in [4.78, 5) is 0. The number of methoxy groups -OCH3 is 2.